The van der Waals surface area contributed by atoms with Crippen molar-refractivity contribution in [3.8, 4) is 0 Å². The molecular weight excluding hydrogens is 260 g/mol. The van der Waals surface area contributed by atoms with E-state index in [2.05, 4.69) is 24.4 Å². The summed E-state index contributed by atoms with van der Waals surface area (Å²) in [7, 11) is 0. The van der Waals surface area contributed by atoms with Gasteiger partial charge in [-0.05, 0) is 44.2 Å². The van der Waals surface area contributed by atoms with E-state index in [1.54, 1.807) is 29.5 Å². The van der Waals surface area contributed by atoms with E-state index in [1.165, 1.54) is 9.75 Å². The Balaban J connectivity index is 2.19. The van der Waals surface area contributed by atoms with Gasteiger partial charge in [0.05, 0.1) is 11.6 Å². The number of nitrogens with one attached hydrogen (secondary N) is 1. The number of aromatic carboxylic acids is 1. The van der Waals surface area contributed by atoms with Crippen molar-refractivity contribution >= 4 is 28.7 Å². The lowest BCUT2D eigenvalue weighted by Gasteiger charge is -2.14. The molecule has 4 nitrogen and oxygen atoms in total. The standard InChI is InChI=1S/C14H16N2O2S/c1-8-3-6-13(19-8)9(2)16-10-4-5-12(15)11(7-10)14(17)18/h3-7,9,16H,15H2,1-2H3,(H,17,18). The number of carboxylic acid groups (broad SMARTS) is 1. The van der Waals surface area contributed by atoms with Crippen LogP contribution >= 0.6 is 11.3 Å². The highest BCUT2D eigenvalue weighted by molar-refractivity contribution is 7.12. The van der Waals surface area contributed by atoms with E-state index in [0.29, 0.717) is 0 Å². The number of rotatable bonds is 4. The molecule has 5 heteroatoms. The number of thiophene rings is 1. The molecule has 0 aliphatic heterocycles. The number of nitrogens with two attached hydrogens (primary N) is 1. The molecule has 1 heterocycles. The summed E-state index contributed by atoms with van der Waals surface area (Å²) in [6.45, 7) is 4.11. The van der Waals surface area contributed by atoms with Crippen LogP contribution in [0.2, 0.25) is 0 Å². The molecule has 1 aromatic carbocycles. The van der Waals surface area contributed by atoms with Crippen molar-refractivity contribution in [2.24, 2.45) is 0 Å². The number of carboxylic acids is 1. The van der Waals surface area contributed by atoms with Crippen molar-refractivity contribution in [3.63, 3.8) is 0 Å². The third kappa shape index (κ3) is 3.06. The average Bonchev–Trinajstić information content (AvgIpc) is 2.78. The molecule has 19 heavy (non-hydrogen) atoms. The first-order valence-corrected chi connectivity index (χ1v) is 6.74. The van der Waals surface area contributed by atoms with Crippen LogP contribution in [-0.4, -0.2) is 11.1 Å². The molecule has 4 N–H and O–H groups in total. The molecule has 0 aliphatic carbocycles. The largest absolute Gasteiger partial charge is 0.478 e. The number of nitrogen functional groups attached to an aromatic ring is 1. The molecular formula is C14H16N2O2S. The van der Waals surface area contributed by atoms with Crippen LogP contribution < -0.4 is 11.1 Å². The topological polar surface area (TPSA) is 75.3 Å². The van der Waals surface area contributed by atoms with Gasteiger partial charge in [0.25, 0.3) is 0 Å². The molecule has 0 amide bonds. The van der Waals surface area contributed by atoms with Gasteiger partial charge in [-0.2, -0.15) is 0 Å². The van der Waals surface area contributed by atoms with Gasteiger partial charge in [0.15, 0.2) is 0 Å². The molecule has 1 aromatic heterocycles. The lowest BCUT2D eigenvalue weighted by Crippen LogP contribution is -2.07. The molecule has 2 rings (SSSR count). The van der Waals surface area contributed by atoms with Crippen LogP contribution in [0.4, 0.5) is 11.4 Å². The van der Waals surface area contributed by atoms with Crippen LogP contribution in [-0.2, 0) is 0 Å². The lowest BCUT2D eigenvalue weighted by atomic mass is 10.1. The van der Waals surface area contributed by atoms with Crippen LogP contribution in [0.5, 0.6) is 0 Å². The van der Waals surface area contributed by atoms with Gasteiger partial charge >= 0.3 is 5.97 Å². The third-order valence-corrected chi connectivity index (χ3v) is 4.04. The molecule has 0 radical (unpaired) electrons. The minimum Gasteiger partial charge on any atom is -0.478 e. The van der Waals surface area contributed by atoms with Crippen molar-refractivity contribution in [3.05, 3.63) is 45.6 Å². The fourth-order valence-electron chi connectivity index (χ4n) is 1.84. The molecule has 0 bridgehead atoms. The molecule has 2 aromatic rings. The molecule has 0 saturated carbocycles. The number of aryl methyl sites for hydroxylation is 1. The fraction of sp³-hybridized carbons (Fsp3) is 0.214. The summed E-state index contributed by atoms with van der Waals surface area (Å²) in [6, 6.07) is 9.24. The summed E-state index contributed by atoms with van der Waals surface area (Å²) in [5.74, 6) is -1.01. The van der Waals surface area contributed by atoms with E-state index in [1.807, 2.05) is 6.92 Å². The number of anilines is 2. The van der Waals surface area contributed by atoms with Gasteiger partial charge in [-0.15, -0.1) is 11.3 Å². The van der Waals surface area contributed by atoms with Crippen molar-refractivity contribution in [1.82, 2.24) is 0 Å². The third-order valence-electron chi connectivity index (χ3n) is 2.85. The first-order valence-electron chi connectivity index (χ1n) is 5.93. The molecule has 1 atom stereocenters. The van der Waals surface area contributed by atoms with Crippen LogP contribution in [0.25, 0.3) is 0 Å². The zero-order valence-corrected chi connectivity index (χ0v) is 11.6. The molecule has 0 saturated heterocycles. The van der Waals surface area contributed by atoms with Gasteiger partial charge in [0.1, 0.15) is 0 Å². The smallest absolute Gasteiger partial charge is 0.337 e. The number of carbonyl (C=O) groups is 1. The number of benzene rings is 1. The lowest BCUT2D eigenvalue weighted by molar-refractivity contribution is 0.0698. The van der Waals surface area contributed by atoms with E-state index < -0.39 is 5.97 Å². The van der Waals surface area contributed by atoms with Crippen LogP contribution in [0, 0.1) is 6.92 Å². The quantitative estimate of drug-likeness (QED) is 0.747. The number of hydrogen-bond acceptors (Lipinski definition) is 4. The summed E-state index contributed by atoms with van der Waals surface area (Å²) >= 11 is 1.73. The Bertz CT molecular complexity index is 607. The highest BCUT2D eigenvalue weighted by Gasteiger charge is 2.11. The minimum absolute atomic E-state index is 0.125. The van der Waals surface area contributed by atoms with Crippen molar-refractivity contribution in [1.29, 1.82) is 0 Å². The summed E-state index contributed by atoms with van der Waals surface area (Å²) in [4.78, 5) is 13.5. The Hall–Kier alpha value is -2.01. The maximum atomic E-state index is 11.0. The highest BCUT2D eigenvalue weighted by Crippen LogP contribution is 2.27. The zero-order chi connectivity index (χ0) is 14.0. The Kier molecular flexibility index (Phi) is 3.76. The van der Waals surface area contributed by atoms with E-state index in [-0.39, 0.29) is 17.3 Å². The minimum atomic E-state index is -1.01. The molecule has 0 spiro atoms. The normalized spacial score (nSPS) is 12.1. The van der Waals surface area contributed by atoms with Gasteiger partial charge in [-0.1, -0.05) is 0 Å². The van der Waals surface area contributed by atoms with Crippen LogP contribution in [0.15, 0.2) is 30.3 Å². The second-order valence-corrected chi connectivity index (χ2v) is 5.74. The predicted molar refractivity (Wildman–Crippen MR) is 78.9 cm³/mol. The number of hydrogen-bond donors (Lipinski definition) is 3. The summed E-state index contributed by atoms with van der Waals surface area (Å²) < 4.78 is 0. The molecule has 0 fully saturated rings. The highest BCUT2D eigenvalue weighted by atomic mass is 32.1. The van der Waals surface area contributed by atoms with Gasteiger partial charge in [-0.25, -0.2) is 4.79 Å². The predicted octanol–water partition coefficient (Wildman–Crippen LogP) is 3.51. The van der Waals surface area contributed by atoms with Gasteiger partial charge < -0.3 is 16.2 Å². The van der Waals surface area contributed by atoms with Crippen molar-refractivity contribution in [2.45, 2.75) is 19.9 Å². The van der Waals surface area contributed by atoms with Crippen LogP contribution in [0.3, 0.4) is 0 Å². The molecule has 100 valence electrons. The second-order valence-electron chi connectivity index (χ2n) is 4.42. The SMILES string of the molecule is Cc1ccc(C(C)Nc2ccc(N)c(C(=O)O)c2)s1. The molecule has 1 unspecified atom stereocenters. The maximum Gasteiger partial charge on any atom is 0.337 e. The van der Waals surface area contributed by atoms with E-state index in [0.717, 1.165) is 5.69 Å². The van der Waals surface area contributed by atoms with E-state index in [9.17, 15) is 4.79 Å². The monoisotopic (exact) mass is 276 g/mol. The maximum absolute atomic E-state index is 11.0. The van der Waals surface area contributed by atoms with Gasteiger partial charge in [0, 0.05) is 21.1 Å². The first kappa shape index (κ1) is 13.4. The summed E-state index contributed by atoms with van der Waals surface area (Å²) in [5, 5.41) is 12.3. The summed E-state index contributed by atoms with van der Waals surface area (Å²) in [5.41, 5.74) is 6.78. The fourth-order valence-corrected chi connectivity index (χ4v) is 2.72. The Morgan fingerprint density at radius 2 is 2.11 bits per heavy atom. The van der Waals surface area contributed by atoms with Crippen LogP contribution in [0.1, 0.15) is 33.1 Å². The Labute approximate surface area is 115 Å². The second kappa shape index (κ2) is 5.32. The Morgan fingerprint density at radius 3 is 2.68 bits per heavy atom. The first-order chi connectivity index (χ1) is 8.97. The van der Waals surface area contributed by atoms with E-state index in [4.69, 9.17) is 10.8 Å². The zero-order valence-electron chi connectivity index (χ0n) is 10.8. The van der Waals surface area contributed by atoms with Gasteiger partial charge in [0.2, 0.25) is 0 Å². The average molecular weight is 276 g/mol. The Morgan fingerprint density at radius 1 is 1.37 bits per heavy atom. The molecule has 0 aliphatic rings. The van der Waals surface area contributed by atoms with E-state index >= 15 is 0 Å². The summed E-state index contributed by atoms with van der Waals surface area (Å²) in [6.07, 6.45) is 0. The van der Waals surface area contributed by atoms with Crippen molar-refractivity contribution < 1.29 is 9.90 Å². The van der Waals surface area contributed by atoms with Crippen molar-refractivity contribution in [2.75, 3.05) is 11.1 Å². The van der Waals surface area contributed by atoms with Gasteiger partial charge in [-0.3, -0.25) is 0 Å².